The van der Waals surface area contributed by atoms with Crippen molar-refractivity contribution in [1.29, 1.82) is 0 Å². The molecule has 1 fully saturated rings. The summed E-state index contributed by atoms with van der Waals surface area (Å²) in [6.07, 6.45) is 3.47. The topological polar surface area (TPSA) is 69.1 Å². The summed E-state index contributed by atoms with van der Waals surface area (Å²) in [5, 5.41) is 1.25. The second-order valence-corrected chi connectivity index (χ2v) is 9.61. The number of para-hydroxylation sites is 1. The summed E-state index contributed by atoms with van der Waals surface area (Å²) in [7, 11) is 2.09. The number of nitrogens with two attached hydrogens (primary N) is 1. The fourth-order valence-corrected chi connectivity index (χ4v) is 5.12. The van der Waals surface area contributed by atoms with E-state index in [-0.39, 0.29) is 11.9 Å². The third-order valence-electron chi connectivity index (χ3n) is 6.96. The summed E-state index contributed by atoms with van der Waals surface area (Å²) < 4.78 is 4.62. The highest BCUT2D eigenvalue weighted by atomic mass is 16.2. The Morgan fingerprint density at radius 2 is 1.97 bits per heavy atom. The van der Waals surface area contributed by atoms with Crippen molar-refractivity contribution in [3.05, 3.63) is 53.6 Å². The quantitative estimate of drug-likeness (QED) is 0.524. The van der Waals surface area contributed by atoms with Gasteiger partial charge in [0.2, 0.25) is 0 Å². The van der Waals surface area contributed by atoms with Crippen molar-refractivity contribution in [2.45, 2.75) is 38.8 Å². The minimum atomic E-state index is -0.0286. The van der Waals surface area contributed by atoms with E-state index in [1.807, 2.05) is 17.9 Å². The molecule has 2 aromatic carbocycles. The van der Waals surface area contributed by atoms with Crippen LogP contribution in [0.15, 0.2) is 42.5 Å². The largest absolute Gasteiger partial charge is 0.338 e. The van der Waals surface area contributed by atoms with Gasteiger partial charge in [0.05, 0.1) is 16.7 Å². The molecule has 6 rings (SSSR count). The van der Waals surface area contributed by atoms with Crippen LogP contribution in [0.25, 0.3) is 33.5 Å². The molecule has 6 heteroatoms. The van der Waals surface area contributed by atoms with Crippen LogP contribution in [0.1, 0.15) is 35.7 Å². The fraction of sp³-hybridized carbons (Fsp3) is 0.385. The first kappa shape index (κ1) is 19.6. The molecule has 2 N–H and O–H groups in total. The monoisotopic (exact) mass is 427 g/mol. The van der Waals surface area contributed by atoms with Crippen molar-refractivity contribution < 1.29 is 4.79 Å². The van der Waals surface area contributed by atoms with Crippen LogP contribution in [0.3, 0.4) is 0 Å². The summed E-state index contributed by atoms with van der Waals surface area (Å²) in [5.74, 6) is 1.79. The van der Waals surface area contributed by atoms with Crippen LogP contribution in [-0.2, 0) is 20.0 Å². The zero-order valence-corrected chi connectivity index (χ0v) is 18.7. The van der Waals surface area contributed by atoms with Crippen molar-refractivity contribution in [3.63, 3.8) is 0 Å². The summed E-state index contributed by atoms with van der Waals surface area (Å²) in [6, 6.07) is 15.0. The summed E-state index contributed by atoms with van der Waals surface area (Å²) in [6.45, 7) is 4.29. The molecule has 0 radical (unpaired) electrons. The number of amides is 1. The standard InChI is InChI=1S/C26H29N5O/c1-16(27)14-30-10-9-18-11-23-21(13-20(18)26(30)32)28-25(29(23)2)24-12-19-5-3-4-6-22(19)31(24)15-17-7-8-17/h3-6,11-13,16-17H,7-10,14-15,27H2,1-2H3. The van der Waals surface area contributed by atoms with Crippen molar-refractivity contribution >= 4 is 27.8 Å². The number of hydrogen-bond acceptors (Lipinski definition) is 3. The molecule has 1 aliphatic carbocycles. The summed E-state index contributed by atoms with van der Waals surface area (Å²) in [4.78, 5) is 20.0. The lowest BCUT2D eigenvalue weighted by Crippen LogP contribution is -2.43. The number of carbonyl (C=O) groups is 1. The van der Waals surface area contributed by atoms with Crippen LogP contribution in [0.4, 0.5) is 0 Å². The lowest BCUT2D eigenvalue weighted by atomic mass is 9.97. The number of fused-ring (bicyclic) bond motifs is 3. The Morgan fingerprint density at radius 3 is 2.75 bits per heavy atom. The average molecular weight is 428 g/mol. The van der Waals surface area contributed by atoms with E-state index >= 15 is 0 Å². The number of imidazole rings is 1. The molecule has 164 valence electrons. The molecule has 6 nitrogen and oxygen atoms in total. The van der Waals surface area contributed by atoms with E-state index in [0.29, 0.717) is 6.54 Å². The molecule has 1 atom stereocenters. The van der Waals surface area contributed by atoms with Crippen molar-refractivity contribution in [1.82, 2.24) is 19.0 Å². The minimum Gasteiger partial charge on any atom is -0.338 e. The second kappa shape index (κ2) is 7.20. The SMILES string of the molecule is CC(N)CN1CCc2cc3c(cc2C1=O)nc(-c1cc2ccccc2n1CC1CC1)n3C. The first-order valence-corrected chi connectivity index (χ1v) is 11.6. The normalized spacial score (nSPS) is 17.3. The molecule has 2 aromatic heterocycles. The van der Waals surface area contributed by atoms with Gasteiger partial charge in [-0.2, -0.15) is 0 Å². The van der Waals surface area contributed by atoms with Crippen LogP contribution >= 0.6 is 0 Å². The van der Waals surface area contributed by atoms with Crippen LogP contribution in [0, 0.1) is 5.92 Å². The minimum absolute atomic E-state index is 0.0286. The van der Waals surface area contributed by atoms with Crippen LogP contribution in [0.5, 0.6) is 0 Å². The molecule has 1 saturated carbocycles. The van der Waals surface area contributed by atoms with Gasteiger partial charge in [-0.25, -0.2) is 4.98 Å². The number of benzene rings is 2. The fourth-order valence-electron chi connectivity index (χ4n) is 5.12. The third kappa shape index (κ3) is 3.13. The third-order valence-corrected chi connectivity index (χ3v) is 6.96. The van der Waals surface area contributed by atoms with E-state index in [2.05, 4.69) is 52.6 Å². The number of hydrogen-bond donors (Lipinski definition) is 1. The van der Waals surface area contributed by atoms with Gasteiger partial charge in [-0.05, 0) is 61.9 Å². The zero-order valence-electron chi connectivity index (χ0n) is 18.7. The molecule has 4 aromatic rings. The number of nitrogens with zero attached hydrogens (tertiary/aromatic N) is 4. The van der Waals surface area contributed by atoms with Gasteiger partial charge >= 0.3 is 0 Å². The molecular weight excluding hydrogens is 398 g/mol. The highest BCUT2D eigenvalue weighted by Crippen LogP contribution is 2.36. The van der Waals surface area contributed by atoms with E-state index in [9.17, 15) is 4.79 Å². The number of carbonyl (C=O) groups excluding carboxylic acids is 1. The van der Waals surface area contributed by atoms with Gasteiger partial charge in [-0.15, -0.1) is 0 Å². The van der Waals surface area contributed by atoms with Gasteiger partial charge in [-0.3, -0.25) is 4.79 Å². The Bertz CT molecular complexity index is 1360. The second-order valence-electron chi connectivity index (χ2n) is 9.61. The zero-order chi connectivity index (χ0) is 22.0. The maximum atomic E-state index is 13.1. The van der Waals surface area contributed by atoms with Crippen LogP contribution in [-0.4, -0.2) is 44.1 Å². The van der Waals surface area contributed by atoms with E-state index in [0.717, 1.165) is 59.1 Å². The van der Waals surface area contributed by atoms with E-state index in [1.165, 1.54) is 23.7 Å². The van der Waals surface area contributed by atoms with Crippen molar-refractivity contribution in [3.8, 4) is 11.5 Å². The van der Waals surface area contributed by atoms with Crippen molar-refractivity contribution in [2.75, 3.05) is 13.1 Å². The molecular formula is C26H29N5O. The maximum Gasteiger partial charge on any atom is 0.254 e. The van der Waals surface area contributed by atoms with Crippen molar-refractivity contribution in [2.24, 2.45) is 18.7 Å². The highest BCUT2D eigenvalue weighted by molar-refractivity contribution is 6.00. The van der Waals surface area contributed by atoms with E-state index < -0.39 is 0 Å². The summed E-state index contributed by atoms with van der Waals surface area (Å²) >= 11 is 0. The first-order chi connectivity index (χ1) is 15.5. The molecule has 1 aliphatic heterocycles. The Kier molecular flexibility index (Phi) is 4.40. The smallest absolute Gasteiger partial charge is 0.254 e. The molecule has 32 heavy (non-hydrogen) atoms. The van der Waals surface area contributed by atoms with Gasteiger partial charge in [0.25, 0.3) is 5.91 Å². The lowest BCUT2D eigenvalue weighted by molar-refractivity contribution is 0.0732. The van der Waals surface area contributed by atoms with Gasteiger partial charge in [-0.1, -0.05) is 18.2 Å². The van der Waals surface area contributed by atoms with Gasteiger partial charge in [0.15, 0.2) is 5.82 Å². The average Bonchev–Trinajstić information content (AvgIpc) is 3.45. The number of aryl methyl sites for hydroxylation is 1. The molecule has 0 spiro atoms. The van der Waals surface area contributed by atoms with Gasteiger partial charge < -0.3 is 19.8 Å². The molecule has 3 heterocycles. The molecule has 2 aliphatic rings. The molecule has 0 saturated heterocycles. The van der Waals surface area contributed by atoms with Crippen LogP contribution < -0.4 is 5.73 Å². The maximum absolute atomic E-state index is 13.1. The number of rotatable bonds is 5. The Balaban J connectivity index is 1.48. The lowest BCUT2D eigenvalue weighted by Gasteiger charge is -2.29. The molecule has 1 unspecified atom stereocenters. The Morgan fingerprint density at radius 1 is 1.16 bits per heavy atom. The van der Waals surface area contributed by atoms with E-state index in [4.69, 9.17) is 10.7 Å². The first-order valence-electron chi connectivity index (χ1n) is 11.6. The Labute approximate surface area is 187 Å². The summed E-state index contributed by atoms with van der Waals surface area (Å²) in [5.41, 5.74) is 12.2. The van der Waals surface area contributed by atoms with E-state index in [1.54, 1.807) is 0 Å². The highest BCUT2D eigenvalue weighted by Gasteiger charge is 2.28. The Hall–Kier alpha value is -3.12. The predicted molar refractivity (Wildman–Crippen MR) is 128 cm³/mol. The van der Waals surface area contributed by atoms with Gasteiger partial charge in [0, 0.05) is 49.2 Å². The van der Waals surface area contributed by atoms with Gasteiger partial charge in [0.1, 0.15) is 0 Å². The molecule has 0 bridgehead atoms. The predicted octanol–water partition coefficient (Wildman–Crippen LogP) is 3.95. The molecule has 1 amide bonds. The number of aromatic nitrogens is 3. The van der Waals surface area contributed by atoms with Crippen LogP contribution in [0.2, 0.25) is 0 Å².